The van der Waals surface area contributed by atoms with Gasteiger partial charge in [0, 0.05) is 31.9 Å². The van der Waals surface area contributed by atoms with Crippen molar-refractivity contribution < 1.29 is 19.2 Å². The first-order chi connectivity index (χ1) is 12.5. The number of nitrogens with one attached hydrogen (secondary N) is 1. The van der Waals surface area contributed by atoms with E-state index in [4.69, 9.17) is 9.47 Å². The van der Waals surface area contributed by atoms with Crippen molar-refractivity contribution in [1.29, 1.82) is 0 Å². The molecule has 2 rings (SSSR count). The van der Waals surface area contributed by atoms with E-state index >= 15 is 0 Å². The second kappa shape index (κ2) is 9.59. The van der Waals surface area contributed by atoms with E-state index < -0.39 is 11.2 Å². The number of ether oxygens (including phenoxy) is 2. The lowest BCUT2D eigenvalue weighted by Gasteiger charge is -2.16. The summed E-state index contributed by atoms with van der Waals surface area (Å²) in [7, 11) is 0. The van der Waals surface area contributed by atoms with Gasteiger partial charge in [-0.25, -0.2) is 4.68 Å². The van der Waals surface area contributed by atoms with Gasteiger partial charge in [0.05, 0.1) is 17.7 Å². The third-order valence-corrected chi connectivity index (χ3v) is 3.41. The van der Waals surface area contributed by atoms with Crippen LogP contribution < -0.4 is 5.32 Å². The molecule has 0 fully saturated rings. The number of nitrogens with zero attached hydrogens (tertiary/aromatic N) is 4. The van der Waals surface area contributed by atoms with Crippen LogP contribution in [0.25, 0.3) is 0 Å². The van der Waals surface area contributed by atoms with Crippen LogP contribution in [0.3, 0.4) is 0 Å². The van der Waals surface area contributed by atoms with Gasteiger partial charge in [-0.05, 0) is 19.4 Å². The maximum absolute atomic E-state index is 12.1. The maximum Gasteiger partial charge on any atom is 0.273 e. The first-order valence-corrected chi connectivity index (χ1v) is 8.18. The number of nitro groups is 1. The minimum Gasteiger partial charge on any atom is -0.351 e. The van der Waals surface area contributed by atoms with E-state index in [0.717, 1.165) is 5.56 Å². The number of hydrogen-bond donors (Lipinski definition) is 1. The van der Waals surface area contributed by atoms with Gasteiger partial charge in [0.15, 0.2) is 12.0 Å². The third kappa shape index (κ3) is 5.60. The lowest BCUT2D eigenvalue weighted by Crippen LogP contribution is -2.24. The molecule has 0 saturated carbocycles. The maximum atomic E-state index is 12.1. The molecule has 10 heteroatoms. The van der Waals surface area contributed by atoms with Crippen LogP contribution in [0.5, 0.6) is 0 Å². The van der Waals surface area contributed by atoms with Gasteiger partial charge < -0.3 is 14.8 Å². The average Bonchev–Trinajstić information content (AvgIpc) is 3.09. The van der Waals surface area contributed by atoms with E-state index in [0.29, 0.717) is 19.8 Å². The number of rotatable bonds is 10. The molecule has 0 bridgehead atoms. The molecule has 26 heavy (non-hydrogen) atoms. The summed E-state index contributed by atoms with van der Waals surface area (Å²) in [5.41, 5.74) is 0.906. The molecule has 0 atom stereocenters. The topological polar surface area (TPSA) is 121 Å². The van der Waals surface area contributed by atoms with Gasteiger partial charge in [-0.2, -0.15) is 0 Å². The van der Waals surface area contributed by atoms with E-state index in [-0.39, 0.29) is 23.8 Å². The minimum absolute atomic E-state index is 0.00108. The van der Waals surface area contributed by atoms with E-state index in [9.17, 15) is 14.9 Å². The highest BCUT2D eigenvalue weighted by Crippen LogP contribution is 2.11. The zero-order valence-electron chi connectivity index (χ0n) is 14.6. The van der Waals surface area contributed by atoms with Crippen LogP contribution in [-0.2, 0) is 22.6 Å². The molecule has 0 saturated heterocycles. The lowest BCUT2D eigenvalue weighted by atomic mass is 10.2. The summed E-state index contributed by atoms with van der Waals surface area (Å²) in [5, 5.41) is 21.1. The summed E-state index contributed by atoms with van der Waals surface area (Å²) in [4.78, 5) is 22.3. The molecular weight excluding hydrogens is 342 g/mol. The Morgan fingerprint density at radius 2 is 1.92 bits per heavy atom. The fourth-order valence-electron chi connectivity index (χ4n) is 2.18. The molecule has 0 unspecified atom stereocenters. The van der Waals surface area contributed by atoms with Crippen molar-refractivity contribution in [3.8, 4) is 0 Å². The van der Waals surface area contributed by atoms with Crippen molar-refractivity contribution in [2.75, 3.05) is 13.2 Å². The fraction of sp³-hybridized carbons (Fsp3) is 0.438. The van der Waals surface area contributed by atoms with Crippen LogP contribution in [0.2, 0.25) is 0 Å². The van der Waals surface area contributed by atoms with Gasteiger partial charge in [-0.3, -0.25) is 14.9 Å². The molecule has 140 valence electrons. The van der Waals surface area contributed by atoms with Crippen molar-refractivity contribution in [2.45, 2.75) is 33.2 Å². The second-order valence-corrected chi connectivity index (χ2v) is 5.27. The largest absolute Gasteiger partial charge is 0.351 e. The Morgan fingerprint density at radius 1 is 1.27 bits per heavy atom. The molecule has 0 radical (unpaired) electrons. The third-order valence-electron chi connectivity index (χ3n) is 3.41. The number of aromatic nitrogens is 3. The lowest BCUT2D eigenvalue weighted by molar-refractivity contribution is -0.384. The SMILES string of the molecule is CCOC(Cn1cc(C(=O)NCc2ccc([N+](=O)[O-])cc2)nn1)OCC. The van der Waals surface area contributed by atoms with Crippen LogP contribution in [0.15, 0.2) is 30.5 Å². The fourth-order valence-corrected chi connectivity index (χ4v) is 2.18. The molecule has 0 aliphatic carbocycles. The monoisotopic (exact) mass is 363 g/mol. The number of benzene rings is 1. The molecular formula is C16H21N5O5. The standard InChI is InChI=1S/C16H21N5O5/c1-3-25-15(26-4-2)11-20-10-14(18-19-20)16(22)17-9-12-5-7-13(8-6-12)21(23)24/h5-8,10,15H,3-4,9,11H2,1-2H3,(H,17,22). The average molecular weight is 363 g/mol. The van der Waals surface area contributed by atoms with Gasteiger partial charge >= 0.3 is 0 Å². The summed E-state index contributed by atoms with van der Waals surface area (Å²) < 4.78 is 12.3. The molecule has 1 aromatic heterocycles. The smallest absolute Gasteiger partial charge is 0.273 e. The summed E-state index contributed by atoms with van der Waals surface area (Å²) in [6.07, 6.45) is 1.05. The Hall–Kier alpha value is -2.85. The first-order valence-electron chi connectivity index (χ1n) is 8.18. The summed E-state index contributed by atoms with van der Waals surface area (Å²) in [6.45, 7) is 5.28. The first kappa shape index (κ1) is 19.5. The Morgan fingerprint density at radius 3 is 2.50 bits per heavy atom. The predicted octanol–water partition coefficient (Wildman–Crippen LogP) is 1.52. The number of hydrogen-bond acceptors (Lipinski definition) is 7. The Kier molecular flexibility index (Phi) is 7.18. The van der Waals surface area contributed by atoms with E-state index in [1.54, 1.807) is 12.1 Å². The highest BCUT2D eigenvalue weighted by atomic mass is 16.7. The Balaban J connectivity index is 1.89. The van der Waals surface area contributed by atoms with Crippen LogP contribution >= 0.6 is 0 Å². The van der Waals surface area contributed by atoms with E-state index in [1.165, 1.54) is 23.0 Å². The molecule has 0 spiro atoms. The molecule has 1 aromatic carbocycles. The Bertz CT molecular complexity index is 725. The van der Waals surface area contributed by atoms with Crippen molar-refractivity contribution in [2.24, 2.45) is 0 Å². The van der Waals surface area contributed by atoms with Gasteiger partial charge in [0.25, 0.3) is 11.6 Å². The molecule has 1 amide bonds. The molecule has 2 aromatic rings. The summed E-state index contributed by atoms with van der Waals surface area (Å²) in [5.74, 6) is -0.390. The molecule has 1 N–H and O–H groups in total. The van der Waals surface area contributed by atoms with Crippen molar-refractivity contribution in [3.63, 3.8) is 0 Å². The Labute approximate surface area is 150 Å². The predicted molar refractivity (Wildman–Crippen MR) is 91.3 cm³/mol. The van der Waals surface area contributed by atoms with Crippen LogP contribution in [0, 0.1) is 10.1 Å². The molecule has 0 aliphatic rings. The van der Waals surface area contributed by atoms with Crippen LogP contribution in [0.4, 0.5) is 5.69 Å². The number of non-ortho nitro benzene ring substituents is 1. The zero-order chi connectivity index (χ0) is 18.9. The van der Waals surface area contributed by atoms with Crippen LogP contribution in [0.1, 0.15) is 29.9 Å². The number of carbonyl (C=O) groups excluding carboxylic acids is 1. The van der Waals surface area contributed by atoms with Gasteiger partial charge in [0.1, 0.15) is 0 Å². The normalized spacial score (nSPS) is 10.9. The van der Waals surface area contributed by atoms with Crippen LogP contribution in [-0.4, -0.2) is 45.3 Å². The number of nitro benzene ring substituents is 1. The highest BCUT2D eigenvalue weighted by Gasteiger charge is 2.14. The van der Waals surface area contributed by atoms with Gasteiger partial charge in [-0.15, -0.1) is 5.10 Å². The molecule has 0 aliphatic heterocycles. The second-order valence-electron chi connectivity index (χ2n) is 5.27. The van der Waals surface area contributed by atoms with E-state index in [2.05, 4.69) is 15.6 Å². The highest BCUT2D eigenvalue weighted by molar-refractivity contribution is 5.91. The molecule has 10 nitrogen and oxygen atoms in total. The van der Waals surface area contributed by atoms with E-state index in [1.807, 2.05) is 13.8 Å². The van der Waals surface area contributed by atoms with Gasteiger partial charge in [-0.1, -0.05) is 17.3 Å². The molecule has 1 heterocycles. The van der Waals surface area contributed by atoms with Crippen molar-refractivity contribution in [3.05, 3.63) is 51.8 Å². The van der Waals surface area contributed by atoms with Gasteiger partial charge in [0.2, 0.25) is 0 Å². The quantitative estimate of drug-likeness (QED) is 0.386. The minimum atomic E-state index is -0.474. The number of amides is 1. The summed E-state index contributed by atoms with van der Waals surface area (Å²) >= 11 is 0. The zero-order valence-corrected chi connectivity index (χ0v) is 14.6. The van der Waals surface area contributed by atoms with Crippen molar-refractivity contribution in [1.82, 2.24) is 20.3 Å². The number of carbonyl (C=O) groups is 1. The van der Waals surface area contributed by atoms with Crippen molar-refractivity contribution >= 4 is 11.6 Å². The summed E-state index contributed by atoms with van der Waals surface area (Å²) in [6, 6.07) is 5.95.